The first-order valence-corrected chi connectivity index (χ1v) is 6.97. The van der Waals surface area contributed by atoms with Crippen LogP contribution in [0.4, 0.5) is 5.69 Å². The van der Waals surface area contributed by atoms with Gasteiger partial charge in [-0.2, -0.15) is 0 Å². The Labute approximate surface area is 123 Å². The maximum atomic E-state index is 12.1. The molecule has 0 saturated heterocycles. The number of rotatable bonds is 7. The van der Waals surface area contributed by atoms with Gasteiger partial charge in [0.15, 0.2) is 0 Å². The Kier molecular flexibility index (Phi) is 5.30. The van der Waals surface area contributed by atoms with Gasteiger partial charge in [-0.15, -0.1) is 0 Å². The number of benzene rings is 1. The molecule has 0 bridgehead atoms. The zero-order valence-corrected chi connectivity index (χ0v) is 12.0. The number of methoxy groups -OCH3 is 1. The first kappa shape index (κ1) is 15.5. The monoisotopic (exact) mass is 292 g/mol. The van der Waals surface area contributed by atoms with E-state index < -0.39 is 5.97 Å². The lowest BCUT2D eigenvalue weighted by Crippen LogP contribution is -2.37. The van der Waals surface area contributed by atoms with Crippen LogP contribution >= 0.6 is 0 Å². The topological polar surface area (TPSA) is 78.9 Å². The highest BCUT2D eigenvalue weighted by molar-refractivity contribution is 6.01. The van der Waals surface area contributed by atoms with E-state index in [0.717, 1.165) is 12.8 Å². The van der Waals surface area contributed by atoms with Crippen LogP contribution in [0.5, 0.6) is 0 Å². The van der Waals surface area contributed by atoms with Crippen molar-refractivity contribution >= 4 is 17.6 Å². The summed E-state index contributed by atoms with van der Waals surface area (Å²) in [4.78, 5) is 25.7. The fourth-order valence-corrected chi connectivity index (χ4v) is 2.21. The standard InChI is InChI=1S/C15H20N2O4/c1-21-15(20)12-4-2-3-5-13(12)16-14(19)10-17(8-9-18)11-6-7-11/h2-5,11,18H,6-10H2,1H3,(H,16,19). The van der Waals surface area contributed by atoms with Crippen LogP contribution in [-0.2, 0) is 9.53 Å². The van der Waals surface area contributed by atoms with E-state index in [1.54, 1.807) is 24.3 Å². The number of ether oxygens (including phenoxy) is 1. The molecule has 114 valence electrons. The molecule has 1 aliphatic rings. The molecule has 0 aromatic heterocycles. The molecule has 6 heteroatoms. The molecule has 1 aromatic carbocycles. The molecule has 2 rings (SSSR count). The summed E-state index contributed by atoms with van der Waals surface area (Å²) in [6.07, 6.45) is 2.12. The minimum absolute atomic E-state index is 0.0303. The molecule has 0 unspecified atom stereocenters. The highest BCUT2D eigenvalue weighted by Gasteiger charge is 2.29. The van der Waals surface area contributed by atoms with Gasteiger partial charge in [-0.1, -0.05) is 12.1 Å². The number of nitrogens with zero attached hydrogens (tertiary/aromatic N) is 1. The molecule has 1 amide bonds. The summed E-state index contributed by atoms with van der Waals surface area (Å²) in [7, 11) is 1.30. The molecule has 1 saturated carbocycles. The number of hydrogen-bond acceptors (Lipinski definition) is 5. The molecule has 0 atom stereocenters. The van der Waals surface area contributed by atoms with Gasteiger partial charge in [0, 0.05) is 12.6 Å². The van der Waals surface area contributed by atoms with Crippen LogP contribution < -0.4 is 5.32 Å². The van der Waals surface area contributed by atoms with Crippen LogP contribution in [0.3, 0.4) is 0 Å². The van der Waals surface area contributed by atoms with E-state index in [1.165, 1.54) is 7.11 Å². The van der Waals surface area contributed by atoms with E-state index in [4.69, 9.17) is 9.84 Å². The van der Waals surface area contributed by atoms with Crippen molar-refractivity contribution in [3.63, 3.8) is 0 Å². The lowest BCUT2D eigenvalue weighted by Gasteiger charge is -2.20. The van der Waals surface area contributed by atoms with Gasteiger partial charge in [-0.3, -0.25) is 9.69 Å². The summed E-state index contributed by atoms with van der Waals surface area (Å²) in [5, 5.41) is 11.8. The lowest BCUT2D eigenvalue weighted by molar-refractivity contribution is -0.117. The minimum Gasteiger partial charge on any atom is -0.465 e. The summed E-state index contributed by atoms with van der Waals surface area (Å²) >= 11 is 0. The average Bonchev–Trinajstić information content (AvgIpc) is 3.31. The molecular formula is C15H20N2O4. The van der Waals surface area contributed by atoms with E-state index in [0.29, 0.717) is 23.8 Å². The number of carbonyl (C=O) groups is 2. The molecular weight excluding hydrogens is 272 g/mol. The third-order valence-corrected chi connectivity index (χ3v) is 3.40. The second kappa shape index (κ2) is 7.19. The molecule has 1 aliphatic carbocycles. The Morgan fingerprint density at radius 2 is 2.10 bits per heavy atom. The number of carbonyl (C=O) groups excluding carboxylic acids is 2. The van der Waals surface area contributed by atoms with Crippen molar-refractivity contribution in [3.8, 4) is 0 Å². The molecule has 0 radical (unpaired) electrons. The third-order valence-electron chi connectivity index (χ3n) is 3.40. The fourth-order valence-electron chi connectivity index (χ4n) is 2.21. The predicted octanol–water partition coefficient (Wildman–Crippen LogP) is 0.868. The Morgan fingerprint density at radius 3 is 2.71 bits per heavy atom. The molecule has 1 fully saturated rings. The number of nitrogens with one attached hydrogen (secondary N) is 1. The van der Waals surface area contributed by atoms with Crippen LogP contribution in [0.25, 0.3) is 0 Å². The van der Waals surface area contributed by atoms with Crippen molar-refractivity contribution < 1.29 is 19.4 Å². The Balaban J connectivity index is 2.00. The highest BCUT2D eigenvalue weighted by Crippen LogP contribution is 2.26. The van der Waals surface area contributed by atoms with Crippen LogP contribution in [0.15, 0.2) is 24.3 Å². The smallest absolute Gasteiger partial charge is 0.339 e. The zero-order valence-electron chi connectivity index (χ0n) is 12.0. The Morgan fingerprint density at radius 1 is 1.38 bits per heavy atom. The van der Waals surface area contributed by atoms with Gasteiger partial charge >= 0.3 is 5.97 Å². The number of amides is 1. The molecule has 6 nitrogen and oxygen atoms in total. The van der Waals surface area contributed by atoms with Gasteiger partial charge in [0.1, 0.15) is 0 Å². The van der Waals surface area contributed by atoms with E-state index in [2.05, 4.69) is 5.32 Å². The zero-order chi connectivity index (χ0) is 15.2. The summed E-state index contributed by atoms with van der Waals surface area (Å²) < 4.78 is 4.69. The van der Waals surface area contributed by atoms with E-state index >= 15 is 0 Å². The lowest BCUT2D eigenvalue weighted by atomic mass is 10.2. The first-order chi connectivity index (χ1) is 10.2. The SMILES string of the molecule is COC(=O)c1ccccc1NC(=O)CN(CCO)C1CC1. The van der Waals surface area contributed by atoms with Crippen LogP contribution in [-0.4, -0.2) is 54.7 Å². The number of aliphatic hydroxyl groups excluding tert-OH is 1. The summed E-state index contributed by atoms with van der Waals surface area (Å²) in [6.45, 7) is 0.722. The Bertz CT molecular complexity index is 514. The number of para-hydroxylation sites is 1. The van der Waals surface area contributed by atoms with Crippen molar-refractivity contribution in [2.24, 2.45) is 0 Å². The van der Waals surface area contributed by atoms with Gasteiger partial charge in [0.05, 0.1) is 31.5 Å². The summed E-state index contributed by atoms with van der Waals surface area (Å²) in [5.41, 5.74) is 0.766. The summed E-state index contributed by atoms with van der Waals surface area (Å²) in [5.74, 6) is -0.688. The normalized spacial score (nSPS) is 14.0. The Hall–Kier alpha value is -1.92. The second-order valence-electron chi connectivity index (χ2n) is 5.01. The van der Waals surface area contributed by atoms with Crippen molar-refractivity contribution in [1.29, 1.82) is 0 Å². The maximum Gasteiger partial charge on any atom is 0.339 e. The van der Waals surface area contributed by atoms with Crippen molar-refractivity contribution in [2.75, 3.05) is 32.1 Å². The predicted molar refractivity (Wildman–Crippen MR) is 78.1 cm³/mol. The highest BCUT2D eigenvalue weighted by atomic mass is 16.5. The van der Waals surface area contributed by atoms with E-state index in [9.17, 15) is 9.59 Å². The van der Waals surface area contributed by atoms with E-state index in [-0.39, 0.29) is 19.1 Å². The second-order valence-corrected chi connectivity index (χ2v) is 5.01. The quantitative estimate of drug-likeness (QED) is 0.729. The molecule has 2 N–H and O–H groups in total. The first-order valence-electron chi connectivity index (χ1n) is 6.97. The third kappa shape index (κ3) is 4.27. The molecule has 0 spiro atoms. The van der Waals surface area contributed by atoms with Gasteiger partial charge in [-0.25, -0.2) is 4.79 Å². The minimum atomic E-state index is -0.486. The van der Waals surface area contributed by atoms with Gasteiger partial charge in [0.25, 0.3) is 0 Å². The van der Waals surface area contributed by atoms with Gasteiger partial charge in [0.2, 0.25) is 5.91 Å². The number of esters is 1. The average molecular weight is 292 g/mol. The molecule has 21 heavy (non-hydrogen) atoms. The number of hydrogen-bond donors (Lipinski definition) is 2. The van der Waals surface area contributed by atoms with Crippen LogP contribution in [0.1, 0.15) is 23.2 Å². The van der Waals surface area contributed by atoms with Crippen LogP contribution in [0, 0.1) is 0 Å². The largest absolute Gasteiger partial charge is 0.465 e. The molecule has 1 aromatic rings. The molecule has 0 heterocycles. The number of anilines is 1. The van der Waals surface area contributed by atoms with Crippen LogP contribution in [0.2, 0.25) is 0 Å². The van der Waals surface area contributed by atoms with Gasteiger partial charge in [-0.05, 0) is 25.0 Å². The maximum absolute atomic E-state index is 12.1. The fraction of sp³-hybridized carbons (Fsp3) is 0.467. The van der Waals surface area contributed by atoms with Crippen molar-refractivity contribution in [3.05, 3.63) is 29.8 Å². The van der Waals surface area contributed by atoms with E-state index in [1.807, 2.05) is 4.90 Å². The van der Waals surface area contributed by atoms with Gasteiger partial charge < -0.3 is 15.2 Å². The summed E-state index contributed by atoms with van der Waals surface area (Å²) in [6, 6.07) is 7.11. The van der Waals surface area contributed by atoms with Crippen molar-refractivity contribution in [1.82, 2.24) is 4.90 Å². The number of aliphatic hydroxyl groups is 1. The molecule has 0 aliphatic heterocycles. The van der Waals surface area contributed by atoms with Crippen molar-refractivity contribution in [2.45, 2.75) is 18.9 Å².